The van der Waals surface area contributed by atoms with Crippen molar-refractivity contribution in [2.24, 2.45) is 0 Å². The number of hydrogen-bond donors (Lipinski definition) is 2. The number of benzene rings is 1. The molecule has 0 radical (unpaired) electrons. The lowest BCUT2D eigenvalue weighted by Crippen LogP contribution is -2.50. The maximum atomic E-state index is 14.0. The number of anilines is 3. The molecule has 0 bridgehead atoms. The molecule has 1 amide bonds. The van der Waals surface area contributed by atoms with Crippen LogP contribution in [-0.4, -0.2) is 85.4 Å². The first kappa shape index (κ1) is 27.6. The summed E-state index contributed by atoms with van der Waals surface area (Å²) in [6, 6.07) is 10.3. The summed E-state index contributed by atoms with van der Waals surface area (Å²) in [4.78, 5) is 25.0. The number of aromatic nitrogens is 3. The molecule has 216 valence electrons. The number of amides is 1. The van der Waals surface area contributed by atoms with Gasteiger partial charge in [-0.05, 0) is 43.9 Å². The molecule has 2 aromatic heterocycles. The van der Waals surface area contributed by atoms with Gasteiger partial charge in [0.2, 0.25) is 10.0 Å². The molecular weight excluding hydrogens is 566 g/mol. The highest BCUT2D eigenvalue weighted by Gasteiger charge is 2.33. The SMILES string of the molecule is CS(=O)(=O)Nc1ccc(Cl)cc1C(=O)N1CCCC[C@H]1c1cc2nc(N3CCC3)cc(N3CCNC(C#N)C3)n2n1. The molecule has 3 aliphatic rings. The summed E-state index contributed by atoms with van der Waals surface area (Å²) in [5, 5.41) is 18.1. The van der Waals surface area contributed by atoms with E-state index in [0.717, 1.165) is 62.5 Å². The first-order chi connectivity index (χ1) is 19.7. The van der Waals surface area contributed by atoms with Crippen molar-refractivity contribution in [1.82, 2.24) is 24.8 Å². The molecule has 3 saturated heterocycles. The normalized spacial score (nSPS) is 21.4. The number of hydrogen-bond acceptors (Lipinski definition) is 9. The number of piperazine rings is 1. The molecule has 0 spiro atoms. The van der Waals surface area contributed by atoms with E-state index in [4.69, 9.17) is 21.7 Å². The van der Waals surface area contributed by atoms with E-state index in [1.54, 1.807) is 11.0 Å². The number of nitrogens with one attached hydrogen (secondary N) is 2. The number of nitrogens with zero attached hydrogens (tertiary/aromatic N) is 7. The van der Waals surface area contributed by atoms with Crippen LogP contribution in [0.4, 0.5) is 17.3 Å². The van der Waals surface area contributed by atoms with E-state index in [-0.39, 0.29) is 29.2 Å². The highest BCUT2D eigenvalue weighted by molar-refractivity contribution is 7.92. The Morgan fingerprint density at radius 3 is 2.68 bits per heavy atom. The number of likely N-dealkylation sites (tertiary alicyclic amines) is 1. The highest BCUT2D eigenvalue weighted by Crippen LogP contribution is 2.35. The molecule has 12 nitrogen and oxygen atoms in total. The van der Waals surface area contributed by atoms with Gasteiger partial charge in [-0.25, -0.2) is 13.4 Å². The summed E-state index contributed by atoms with van der Waals surface area (Å²) in [7, 11) is -3.61. The van der Waals surface area contributed by atoms with Crippen LogP contribution in [0, 0.1) is 11.3 Å². The fourth-order valence-corrected chi connectivity index (χ4v) is 6.47. The van der Waals surface area contributed by atoms with Crippen molar-refractivity contribution in [2.45, 2.75) is 37.8 Å². The topological polar surface area (TPSA) is 139 Å². The van der Waals surface area contributed by atoms with E-state index in [0.29, 0.717) is 36.7 Å². The van der Waals surface area contributed by atoms with Crippen LogP contribution >= 0.6 is 11.6 Å². The molecule has 1 aromatic carbocycles. The molecule has 5 heterocycles. The minimum Gasteiger partial charge on any atom is -0.356 e. The Kier molecular flexibility index (Phi) is 7.39. The van der Waals surface area contributed by atoms with E-state index in [9.17, 15) is 18.5 Å². The summed E-state index contributed by atoms with van der Waals surface area (Å²) < 4.78 is 28.3. The van der Waals surface area contributed by atoms with E-state index < -0.39 is 10.0 Å². The second-order valence-corrected chi connectivity index (χ2v) is 13.0. The molecule has 1 unspecified atom stereocenters. The maximum Gasteiger partial charge on any atom is 0.256 e. The molecule has 3 fully saturated rings. The first-order valence-electron chi connectivity index (χ1n) is 13.8. The summed E-state index contributed by atoms with van der Waals surface area (Å²) in [6.07, 6.45) is 4.63. The second-order valence-electron chi connectivity index (χ2n) is 10.8. The summed E-state index contributed by atoms with van der Waals surface area (Å²) in [5.41, 5.74) is 1.79. The summed E-state index contributed by atoms with van der Waals surface area (Å²) in [6.45, 7) is 4.33. The highest BCUT2D eigenvalue weighted by atomic mass is 35.5. The van der Waals surface area contributed by atoms with Crippen molar-refractivity contribution in [2.75, 3.05) is 60.0 Å². The average Bonchev–Trinajstić information content (AvgIpc) is 3.36. The van der Waals surface area contributed by atoms with Crippen LogP contribution in [0.3, 0.4) is 0 Å². The lowest BCUT2D eigenvalue weighted by atomic mass is 9.98. The van der Waals surface area contributed by atoms with Crippen LogP contribution in [0.25, 0.3) is 5.65 Å². The van der Waals surface area contributed by atoms with Crippen molar-refractivity contribution < 1.29 is 13.2 Å². The number of fused-ring (bicyclic) bond motifs is 1. The smallest absolute Gasteiger partial charge is 0.256 e. The van der Waals surface area contributed by atoms with Crippen LogP contribution in [0.15, 0.2) is 30.3 Å². The van der Waals surface area contributed by atoms with Crippen LogP contribution < -0.4 is 19.8 Å². The van der Waals surface area contributed by atoms with Gasteiger partial charge >= 0.3 is 0 Å². The van der Waals surface area contributed by atoms with Crippen molar-refractivity contribution in [3.63, 3.8) is 0 Å². The third-order valence-corrected chi connectivity index (χ3v) is 8.69. The molecular formula is C27H32ClN9O3S. The Bertz CT molecular complexity index is 1630. The van der Waals surface area contributed by atoms with E-state index in [1.807, 2.05) is 16.6 Å². The number of carbonyl (C=O) groups excluding carboxylic acids is 1. The van der Waals surface area contributed by atoms with Crippen molar-refractivity contribution in [1.29, 1.82) is 5.26 Å². The minimum atomic E-state index is -3.61. The fraction of sp³-hybridized carbons (Fsp3) is 0.481. The van der Waals surface area contributed by atoms with Gasteiger partial charge in [-0.2, -0.15) is 14.9 Å². The molecule has 2 atom stereocenters. The number of piperidine rings is 1. The van der Waals surface area contributed by atoms with Crippen LogP contribution in [0.1, 0.15) is 47.8 Å². The van der Waals surface area contributed by atoms with Crippen molar-refractivity contribution >= 4 is 50.5 Å². The fourth-order valence-electron chi connectivity index (χ4n) is 5.72. The molecule has 0 saturated carbocycles. The van der Waals surface area contributed by atoms with E-state index in [2.05, 4.69) is 25.9 Å². The lowest BCUT2D eigenvalue weighted by Gasteiger charge is -2.35. The Hall–Kier alpha value is -3.60. The standard InChI is InChI=1S/C27H32ClN9O3S/c1-41(39,40)33-21-7-6-18(28)13-20(21)27(38)36-11-3-2-5-23(36)22-14-25-31-24(34-9-4-10-34)15-26(37(25)32-22)35-12-8-30-19(16-29)17-35/h6-7,13-15,19,23,30,33H,2-5,8-12,17H2,1H3/t19?,23-/m0/s1. The molecule has 3 aromatic rings. The molecule has 6 rings (SSSR count). The zero-order valence-corrected chi connectivity index (χ0v) is 24.3. The molecule has 0 aliphatic carbocycles. The maximum absolute atomic E-state index is 14.0. The minimum absolute atomic E-state index is 0.190. The van der Waals surface area contributed by atoms with Gasteiger partial charge in [-0.3, -0.25) is 14.8 Å². The van der Waals surface area contributed by atoms with Gasteiger partial charge in [0.25, 0.3) is 5.91 Å². The number of carbonyl (C=O) groups is 1. The molecule has 3 aliphatic heterocycles. The zero-order valence-electron chi connectivity index (χ0n) is 22.8. The van der Waals surface area contributed by atoms with Crippen LogP contribution in [0.2, 0.25) is 5.02 Å². The molecule has 41 heavy (non-hydrogen) atoms. The van der Waals surface area contributed by atoms with Gasteiger partial charge in [0.15, 0.2) is 5.65 Å². The predicted octanol–water partition coefficient (Wildman–Crippen LogP) is 2.63. The Morgan fingerprint density at radius 1 is 1.12 bits per heavy atom. The van der Waals surface area contributed by atoms with Gasteiger partial charge in [0, 0.05) is 56.4 Å². The summed E-state index contributed by atoms with van der Waals surface area (Å²) in [5.74, 6) is 1.44. The van der Waals surface area contributed by atoms with Gasteiger partial charge in [-0.1, -0.05) is 11.6 Å². The zero-order chi connectivity index (χ0) is 28.7. The monoisotopic (exact) mass is 597 g/mol. The van der Waals surface area contributed by atoms with E-state index >= 15 is 0 Å². The van der Waals surface area contributed by atoms with Crippen LogP contribution in [0.5, 0.6) is 0 Å². The first-order valence-corrected chi connectivity index (χ1v) is 16.1. The largest absolute Gasteiger partial charge is 0.356 e. The van der Waals surface area contributed by atoms with Crippen molar-refractivity contribution in [3.8, 4) is 6.07 Å². The average molecular weight is 598 g/mol. The number of rotatable bonds is 6. The third kappa shape index (κ3) is 5.64. The van der Waals surface area contributed by atoms with E-state index in [1.165, 1.54) is 12.1 Å². The quantitative estimate of drug-likeness (QED) is 0.439. The Morgan fingerprint density at radius 2 is 1.95 bits per heavy atom. The summed E-state index contributed by atoms with van der Waals surface area (Å²) >= 11 is 6.24. The number of nitriles is 1. The molecule has 2 N–H and O–H groups in total. The van der Waals surface area contributed by atoms with Gasteiger partial charge in [0.05, 0.1) is 35.3 Å². The lowest BCUT2D eigenvalue weighted by molar-refractivity contribution is 0.0607. The Labute approximate surface area is 243 Å². The van der Waals surface area contributed by atoms with Gasteiger partial charge < -0.3 is 14.7 Å². The number of halogens is 1. The van der Waals surface area contributed by atoms with Crippen LogP contribution in [-0.2, 0) is 10.0 Å². The third-order valence-electron chi connectivity index (χ3n) is 7.86. The second kappa shape index (κ2) is 11.0. The van der Waals surface area contributed by atoms with Gasteiger partial charge in [-0.15, -0.1) is 0 Å². The number of sulfonamides is 1. The van der Waals surface area contributed by atoms with Crippen molar-refractivity contribution in [3.05, 3.63) is 46.6 Å². The van der Waals surface area contributed by atoms with Gasteiger partial charge in [0.1, 0.15) is 17.7 Å². The Balaban J connectivity index is 1.39. The predicted molar refractivity (Wildman–Crippen MR) is 157 cm³/mol. The molecule has 14 heteroatoms.